The second-order valence-corrected chi connectivity index (χ2v) is 10.6. The van der Waals surface area contributed by atoms with E-state index in [1.807, 2.05) is 4.90 Å². The fourth-order valence-corrected chi connectivity index (χ4v) is 7.91. The predicted molar refractivity (Wildman–Crippen MR) is 128 cm³/mol. The summed E-state index contributed by atoms with van der Waals surface area (Å²) in [6, 6.07) is 11.4. The van der Waals surface area contributed by atoms with Crippen molar-refractivity contribution in [3.63, 3.8) is 0 Å². The van der Waals surface area contributed by atoms with Gasteiger partial charge in [-0.2, -0.15) is 0 Å². The van der Waals surface area contributed by atoms with Gasteiger partial charge in [-0.05, 0) is 49.5 Å². The van der Waals surface area contributed by atoms with E-state index >= 15 is 0 Å². The van der Waals surface area contributed by atoms with Gasteiger partial charge in [0, 0.05) is 24.8 Å². The summed E-state index contributed by atoms with van der Waals surface area (Å²) in [6.45, 7) is 0.489. The average molecular weight is 498 g/mol. The van der Waals surface area contributed by atoms with E-state index in [0.29, 0.717) is 33.6 Å². The molecule has 3 aromatic rings. The molecule has 2 spiro atoms. The van der Waals surface area contributed by atoms with Gasteiger partial charge in [-0.25, -0.2) is 4.39 Å². The van der Waals surface area contributed by atoms with Crippen LogP contribution in [0.15, 0.2) is 63.8 Å². The molecule has 0 bridgehead atoms. The maximum atomic E-state index is 14.6. The second-order valence-electron chi connectivity index (χ2n) is 8.76. The van der Waals surface area contributed by atoms with Crippen LogP contribution in [0.3, 0.4) is 0 Å². The lowest BCUT2D eigenvalue weighted by atomic mass is 9.73. The van der Waals surface area contributed by atoms with Crippen LogP contribution < -0.4 is 4.90 Å². The Morgan fingerprint density at radius 3 is 2.59 bits per heavy atom. The van der Waals surface area contributed by atoms with Gasteiger partial charge < -0.3 is 13.7 Å². The molecule has 5 heterocycles. The number of benzene rings is 1. The number of anilines is 1. The lowest BCUT2D eigenvalue weighted by molar-refractivity contribution is -0.139. The number of carbonyl (C=O) groups excluding carboxylic acids is 2. The third-order valence-corrected chi connectivity index (χ3v) is 9.14. The Kier molecular flexibility index (Phi) is 4.61. The fraction of sp³-hybridized carbons (Fsp3) is 0.292. The number of amides is 2. The van der Waals surface area contributed by atoms with Crippen LogP contribution in [0, 0.1) is 5.82 Å². The SMILES string of the molecule is CN1C(=O)[C@]2(c3cc(F)ccc31)N(C)C[C@@H](c1ccco1)[C@]21SC(=S)N(Cc2ccco2)C1=O. The number of rotatable bonds is 3. The van der Waals surface area contributed by atoms with Crippen molar-refractivity contribution in [2.24, 2.45) is 0 Å². The second kappa shape index (κ2) is 7.27. The first-order chi connectivity index (χ1) is 16.3. The summed E-state index contributed by atoms with van der Waals surface area (Å²) in [6.07, 6.45) is 3.08. The number of fused-ring (bicyclic) bond motifs is 3. The van der Waals surface area contributed by atoms with E-state index in [9.17, 15) is 14.0 Å². The maximum absolute atomic E-state index is 14.6. The van der Waals surface area contributed by atoms with Crippen molar-refractivity contribution in [3.05, 3.63) is 77.9 Å². The molecule has 7 nitrogen and oxygen atoms in total. The van der Waals surface area contributed by atoms with Gasteiger partial charge in [0.2, 0.25) is 5.91 Å². The van der Waals surface area contributed by atoms with E-state index in [1.165, 1.54) is 40.0 Å². The highest BCUT2D eigenvalue weighted by molar-refractivity contribution is 8.25. The van der Waals surface area contributed by atoms with Gasteiger partial charge in [0.15, 0.2) is 5.54 Å². The molecule has 2 saturated heterocycles. The van der Waals surface area contributed by atoms with Crippen LogP contribution in [-0.2, 0) is 21.7 Å². The van der Waals surface area contributed by atoms with E-state index in [-0.39, 0.29) is 18.4 Å². The third kappa shape index (κ3) is 2.48. The van der Waals surface area contributed by atoms with Crippen LogP contribution in [-0.4, -0.2) is 51.3 Å². The number of thiocarbonyl (C=S) groups is 1. The molecule has 0 saturated carbocycles. The molecule has 6 rings (SSSR count). The van der Waals surface area contributed by atoms with Gasteiger partial charge in [-0.1, -0.05) is 24.0 Å². The number of hydrogen-bond donors (Lipinski definition) is 0. The highest BCUT2D eigenvalue weighted by Gasteiger charge is 2.79. The number of halogens is 1. The van der Waals surface area contributed by atoms with Gasteiger partial charge in [-0.3, -0.25) is 19.4 Å². The number of thioether (sulfide) groups is 1. The molecule has 0 aliphatic carbocycles. The van der Waals surface area contributed by atoms with Gasteiger partial charge in [-0.15, -0.1) is 0 Å². The summed E-state index contributed by atoms with van der Waals surface area (Å²) < 4.78 is 24.8. The van der Waals surface area contributed by atoms with Crippen LogP contribution in [0.5, 0.6) is 0 Å². The molecule has 3 aliphatic rings. The van der Waals surface area contributed by atoms with E-state index in [1.54, 1.807) is 50.7 Å². The first kappa shape index (κ1) is 21.6. The molecule has 2 fully saturated rings. The van der Waals surface area contributed by atoms with Gasteiger partial charge >= 0.3 is 0 Å². The van der Waals surface area contributed by atoms with Crippen molar-refractivity contribution in [1.29, 1.82) is 0 Å². The van der Waals surface area contributed by atoms with Crippen LogP contribution >= 0.6 is 24.0 Å². The van der Waals surface area contributed by atoms with E-state index in [0.717, 1.165) is 0 Å². The number of hydrogen-bond acceptors (Lipinski definition) is 7. The highest BCUT2D eigenvalue weighted by atomic mass is 32.2. The predicted octanol–water partition coefficient (Wildman–Crippen LogP) is 3.71. The first-order valence-corrected chi connectivity index (χ1v) is 11.9. The lowest BCUT2D eigenvalue weighted by Crippen LogP contribution is -2.62. The third-order valence-electron chi connectivity index (χ3n) is 7.19. The number of likely N-dealkylation sites (tertiary alicyclic amines) is 1. The number of furan rings is 2. The molecule has 10 heteroatoms. The van der Waals surface area contributed by atoms with Crippen molar-refractivity contribution in [3.8, 4) is 0 Å². The van der Waals surface area contributed by atoms with Crippen molar-refractivity contribution in [2.45, 2.75) is 22.7 Å². The molecule has 3 atom stereocenters. The average Bonchev–Trinajstić information content (AvgIpc) is 3.61. The summed E-state index contributed by atoms with van der Waals surface area (Å²) in [5.41, 5.74) is -0.443. The normalized spacial score (nSPS) is 28.8. The first-order valence-electron chi connectivity index (χ1n) is 10.7. The minimum absolute atomic E-state index is 0.143. The maximum Gasteiger partial charge on any atom is 0.254 e. The smallest absolute Gasteiger partial charge is 0.254 e. The molecule has 0 N–H and O–H groups in total. The Hall–Kier alpha value is -2.95. The number of likely N-dealkylation sites (N-methyl/N-ethyl adjacent to an activating group) is 2. The molecule has 174 valence electrons. The zero-order valence-corrected chi connectivity index (χ0v) is 20.0. The molecule has 0 unspecified atom stereocenters. The molecule has 2 aromatic heterocycles. The number of carbonyl (C=O) groups is 2. The lowest BCUT2D eigenvalue weighted by Gasteiger charge is -2.41. The van der Waals surface area contributed by atoms with E-state index in [2.05, 4.69) is 0 Å². The standard InChI is InChI=1S/C24H20FN3O4S2/c1-26-13-17(19-6-4-10-32-19)24(21(30)28(22(33)34-24)12-15-5-3-9-31-15)23(26)16-11-14(25)7-8-18(16)27(2)20(23)29/h3-11,17H,12-13H2,1-2H3/t17-,23-,24+/m0/s1. The molecule has 34 heavy (non-hydrogen) atoms. The summed E-state index contributed by atoms with van der Waals surface area (Å²) >= 11 is 6.90. The van der Waals surface area contributed by atoms with Gasteiger partial charge in [0.25, 0.3) is 5.91 Å². The summed E-state index contributed by atoms with van der Waals surface area (Å²) in [7, 11) is 3.45. The fourth-order valence-electron chi connectivity index (χ4n) is 5.80. The molecule has 1 aromatic carbocycles. The van der Waals surface area contributed by atoms with Gasteiger partial charge in [0.1, 0.15) is 26.4 Å². The van der Waals surface area contributed by atoms with Crippen LogP contribution in [0.2, 0.25) is 0 Å². The molecular formula is C24H20FN3O4S2. The van der Waals surface area contributed by atoms with Gasteiger partial charge in [0.05, 0.1) is 25.0 Å². The Labute approximate surface area is 204 Å². The summed E-state index contributed by atoms with van der Waals surface area (Å²) in [5, 5.41) is 0. The van der Waals surface area contributed by atoms with Crippen LogP contribution in [0.4, 0.5) is 10.1 Å². The Balaban J connectivity index is 1.61. The minimum Gasteiger partial charge on any atom is -0.469 e. The zero-order valence-electron chi connectivity index (χ0n) is 18.4. The Morgan fingerprint density at radius 1 is 1.12 bits per heavy atom. The molecule has 2 amide bonds. The largest absolute Gasteiger partial charge is 0.469 e. The minimum atomic E-state index is -1.47. The Morgan fingerprint density at radius 2 is 1.88 bits per heavy atom. The van der Waals surface area contributed by atoms with Crippen molar-refractivity contribution >= 4 is 45.8 Å². The topological polar surface area (TPSA) is 70.1 Å². The molecular weight excluding hydrogens is 477 g/mol. The Bertz CT molecular complexity index is 1330. The van der Waals surface area contributed by atoms with Crippen molar-refractivity contribution < 1.29 is 22.8 Å². The quantitative estimate of drug-likeness (QED) is 0.511. The molecule has 0 radical (unpaired) electrons. The van der Waals surface area contributed by atoms with Crippen molar-refractivity contribution in [1.82, 2.24) is 9.80 Å². The summed E-state index contributed by atoms with van der Waals surface area (Å²) in [4.78, 5) is 33.5. The van der Waals surface area contributed by atoms with E-state index < -0.39 is 22.0 Å². The highest BCUT2D eigenvalue weighted by Crippen LogP contribution is 2.66. The zero-order chi connectivity index (χ0) is 23.8. The number of nitrogens with zero attached hydrogens (tertiary/aromatic N) is 3. The van der Waals surface area contributed by atoms with Crippen LogP contribution in [0.25, 0.3) is 0 Å². The summed E-state index contributed by atoms with van der Waals surface area (Å²) in [5.74, 6) is -0.443. The van der Waals surface area contributed by atoms with Crippen LogP contribution in [0.1, 0.15) is 23.0 Å². The molecule has 3 aliphatic heterocycles. The monoisotopic (exact) mass is 497 g/mol. The van der Waals surface area contributed by atoms with E-state index in [4.69, 9.17) is 21.1 Å². The van der Waals surface area contributed by atoms with Crippen molar-refractivity contribution in [2.75, 3.05) is 25.5 Å².